The Hall–Kier alpha value is -1.62. The van der Waals surface area contributed by atoms with Crippen LogP contribution in [0.4, 0.5) is 0 Å². The van der Waals surface area contributed by atoms with Crippen molar-refractivity contribution in [3.8, 4) is 0 Å². The number of halogens is 1. The predicted molar refractivity (Wildman–Crippen MR) is 85.3 cm³/mol. The first-order valence-electron chi connectivity index (χ1n) is 6.54. The predicted octanol–water partition coefficient (Wildman–Crippen LogP) is 4.37. The lowest BCUT2D eigenvalue weighted by Crippen LogP contribution is -2.07. The van der Waals surface area contributed by atoms with Gasteiger partial charge in [-0.15, -0.1) is 0 Å². The standard InChI is InChI=1S/C16H13ClO3S/c1-2-20-21(18,19)16-14-8-7-11-5-3-4-6-12(11)13(14)9-10-15(16)17/h3-10H,2H2,1H3. The quantitative estimate of drug-likeness (QED) is 0.531. The summed E-state index contributed by atoms with van der Waals surface area (Å²) in [5.74, 6) is 0. The topological polar surface area (TPSA) is 43.4 Å². The van der Waals surface area contributed by atoms with E-state index in [1.165, 1.54) is 0 Å². The Bertz CT molecular complexity index is 933. The summed E-state index contributed by atoms with van der Waals surface area (Å²) in [6.45, 7) is 1.70. The molecule has 0 heterocycles. The van der Waals surface area contributed by atoms with Crippen molar-refractivity contribution >= 4 is 43.3 Å². The highest BCUT2D eigenvalue weighted by Crippen LogP contribution is 2.35. The van der Waals surface area contributed by atoms with Crippen LogP contribution in [0, 0.1) is 0 Å². The van der Waals surface area contributed by atoms with E-state index in [4.69, 9.17) is 15.8 Å². The molecule has 0 spiro atoms. The monoisotopic (exact) mass is 320 g/mol. The molecule has 3 aromatic rings. The largest absolute Gasteiger partial charge is 0.299 e. The van der Waals surface area contributed by atoms with E-state index in [9.17, 15) is 8.42 Å². The summed E-state index contributed by atoms with van der Waals surface area (Å²) in [4.78, 5) is 0.0364. The maximum atomic E-state index is 12.3. The SMILES string of the molecule is CCOS(=O)(=O)c1c(Cl)ccc2c1ccc1ccccc12. The van der Waals surface area contributed by atoms with Gasteiger partial charge in [0, 0.05) is 5.39 Å². The van der Waals surface area contributed by atoms with E-state index in [0.717, 1.165) is 16.2 Å². The molecular weight excluding hydrogens is 308 g/mol. The molecule has 0 amide bonds. The van der Waals surface area contributed by atoms with Crippen molar-refractivity contribution in [1.29, 1.82) is 0 Å². The average Bonchev–Trinajstić information content (AvgIpc) is 2.46. The van der Waals surface area contributed by atoms with E-state index < -0.39 is 10.1 Å². The first kappa shape index (κ1) is 14.3. The van der Waals surface area contributed by atoms with Gasteiger partial charge in [0.25, 0.3) is 10.1 Å². The average molecular weight is 321 g/mol. The van der Waals surface area contributed by atoms with E-state index in [0.29, 0.717) is 5.39 Å². The van der Waals surface area contributed by atoms with Gasteiger partial charge in [0.05, 0.1) is 11.6 Å². The van der Waals surface area contributed by atoms with Crippen LogP contribution in [0.25, 0.3) is 21.5 Å². The zero-order valence-electron chi connectivity index (χ0n) is 11.3. The number of benzene rings is 3. The second-order valence-electron chi connectivity index (χ2n) is 4.62. The third-order valence-electron chi connectivity index (χ3n) is 3.35. The highest BCUT2D eigenvalue weighted by Gasteiger charge is 2.22. The molecule has 3 aromatic carbocycles. The fourth-order valence-electron chi connectivity index (χ4n) is 2.50. The van der Waals surface area contributed by atoms with Crippen molar-refractivity contribution in [2.75, 3.05) is 6.61 Å². The van der Waals surface area contributed by atoms with Crippen LogP contribution >= 0.6 is 11.6 Å². The molecule has 0 saturated heterocycles. The third-order valence-corrected chi connectivity index (χ3v) is 5.26. The van der Waals surface area contributed by atoms with E-state index >= 15 is 0 Å². The van der Waals surface area contributed by atoms with Crippen LogP contribution in [0.2, 0.25) is 5.02 Å². The maximum absolute atomic E-state index is 12.3. The van der Waals surface area contributed by atoms with E-state index in [-0.39, 0.29) is 16.5 Å². The molecule has 3 rings (SSSR count). The molecule has 0 aliphatic rings. The molecule has 0 radical (unpaired) electrons. The number of rotatable bonds is 3. The Labute approximate surface area is 128 Å². The van der Waals surface area contributed by atoms with Crippen molar-refractivity contribution in [3.63, 3.8) is 0 Å². The molecule has 0 unspecified atom stereocenters. The number of hydrogen-bond donors (Lipinski definition) is 0. The lowest BCUT2D eigenvalue weighted by Gasteiger charge is -2.11. The second-order valence-corrected chi connectivity index (χ2v) is 6.58. The molecule has 0 aromatic heterocycles. The van der Waals surface area contributed by atoms with Gasteiger partial charge in [0.1, 0.15) is 4.90 Å². The zero-order chi connectivity index (χ0) is 15.0. The van der Waals surface area contributed by atoms with Crippen molar-refractivity contribution in [1.82, 2.24) is 0 Å². The summed E-state index contributed by atoms with van der Waals surface area (Å²) < 4.78 is 29.5. The third kappa shape index (κ3) is 2.39. The smallest absolute Gasteiger partial charge is 0.267 e. The molecular formula is C16H13ClO3S. The molecule has 3 nitrogen and oxygen atoms in total. The van der Waals surface area contributed by atoms with Gasteiger partial charge in [-0.05, 0) is 29.1 Å². The van der Waals surface area contributed by atoms with Crippen LogP contribution in [-0.2, 0) is 14.3 Å². The van der Waals surface area contributed by atoms with Gasteiger partial charge in [-0.3, -0.25) is 4.18 Å². The molecule has 21 heavy (non-hydrogen) atoms. The Balaban J connectivity index is 2.45. The van der Waals surface area contributed by atoms with Crippen LogP contribution < -0.4 is 0 Å². The molecule has 0 aliphatic heterocycles. The molecule has 5 heteroatoms. The summed E-state index contributed by atoms with van der Waals surface area (Å²) in [5, 5.41) is 3.63. The molecule has 0 fully saturated rings. The van der Waals surface area contributed by atoms with Gasteiger partial charge in [0.2, 0.25) is 0 Å². The van der Waals surface area contributed by atoms with Gasteiger partial charge in [0.15, 0.2) is 0 Å². The molecule has 0 atom stereocenters. The maximum Gasteiger partial charge on any atom is 0.299 e. The summed E-state index contributed by atoms with van der Waals surface area (Å²) in [6, 6.07) is 14.9. The van der Waals surface area contributed by atoms with Crippen molar-refractivity contribution in [3.05, 3.63) is 53.6 Å². The van der Waals surface area contributed by atoms with E-state index in [1.54, 1.807) is 19.1 Å². The first-order chi connectivity index (χ1) is 10.0. The van der Waals surface area contributed by atoms with Gasteiger partial charge < -0.3 is 0 Å². The minimum Gasteiger partial charge on any atom is -0.267 e. The normalized spacial score (nSPS) is 12.1. The number of fused-ring (bicyclic) bond motifs is 3. The molecule has 108 valence electrons. The Morgan fingerprint density at radius 1 is 0.952 bits per heavy atom. The minimum atomic E-state index is -3.87. The minimum absolute atomic E-state index is 0.0364. The lowest BCUT2D eigenvalue weighted by atomic mass is 10.0. The summed E-state index contributed by atoms with van der Waals surface area (Å²) in [6.07, 6.45) is 0. The van der Waals surface area contributed by atoms with E-state index in [2.05, 4.69) is 0 Å². The van der Waals surface area contributed by atoms with Gasteiger partial charge in [-0.25, -0.2) is 0 Å². The van der Waals surface area contributed by atoms with Crippen LogP contribution in [0.3, 0.4) is 0 Å². The molecule has 0 N–H and O–H groups in total. The van der Waals surface area contributed by atoms with Crippen molar-refractivity contribution in [2.45, 2.75) is 11.8 Å². The fourth-order valence-corrected chi connectivity index (χ4v) is 4.13. The summed E-state index contributed by atoms with van der Waals surface area (Å²) in [7, 11) is -3.87. The first-order valence-corrected chi connectivity index (χ1v) is 8.32. The number of hydrogen-bond acceptors (Lipinski definition) is 3. The fraction of sp³-hybridized carbons (Fsp3) is 0.125. The Morgan fingerprint density at radius 3 is 2.43 bits per heavy atom. The van der Waals surface area contributed by atoms with Crippen LogP contribution in [0.15, 0.2) is 53.4 Å². The molecule has 0 aliphatic carbocycles. The molecule has 0 bridgehead atoms. The van der Waals surface area contributed by atoms with Gasteiger partial charge in [-0.1, -0.05) is 54.1 Å². The zero-order valence-corrected chi connectivity index (χ0v) is 12.9. The second kappa shape index (κ2) is 5.30. The summed E-state index contributed by atoms with van der Waals surface area (Å²) in [5.41, 5.74) is 0. The van der Waals surface area contributed by atoms with Crippen molar-refractivity contribution in [2.24, 2.45) is 0 Å². The summed E-state index contributed by atoms with van der Waals surface area (Å²) >= 11 is 6.12. The van der Waals surface area contributed by atoms with Crippen LogP contribution in [-0.4, -0.2) is 15.0 Å². The van der Waals surface area contributed by atoms with Crippen molar-refractivity contribution < 1.29 is 12.6 Å². The molecule has 0 saturated carbocycles. The van der Waals surface area contributed by atoms with Gasteiger partial charge in [-0.2, -0.15) is 8.42 Å². The Morgan fingerprint density at radius 2 is 1.67 bits per heavy atom. The Kier molecular flexibility index (Phi) is 3.61. The van der Waals surface area contributed by atoms with Gasteiger partial charge >= 0.3 is 0 Å². The van der Waals surface area contributed by atoms with Crippen LogP contribution in [0.1, 0.15) is 6.92 Å². The highest BCUT2D eigenvalue weighted by molar-refractivity contribution is 7.87. The van der Waals surface area contributed by atoms with Crippen LogP contribution in [0.5, 0.6) is 0 Å². The highest BCUT2D eigenvalue weighted by atomic mass is 35.5. The van der Waals surface area contributed by atoms with E-state index in [1.807, 2.05) is 36.4 Å². The lowest BCUT2D eigenvalue weighted by molar-refractivity contribution is 0.338.